The number of piperidine rings is 1. The van der Waals surface area contributed by atoms with E-state index in [1.165, 1.54) is 36.3 Å². The smallest absolute Gasteiger partial charge is 0.412 e. The summed E-state index contributed by atoms with van der Waals surface area (Å²) in [7, 11) is 1.36. The lowest BCUT2D eigenvalue weighted by Crippen LogP contribution is -2.52. The molecule has 1 atom stereocenters. The van der Waals surface area contributed by atoms with Crippen LogP contribution in [0.25, 0.3) is 0 Å². The van der Waals surface area contributed by atoms with E-state index in [-0.39, 0.29) is 65.4 Å². The first kappa shape index (κ1) is 27.8. The predicted octanol–water partition coefficient (Wildman–Crippen LogP) is 4.93. The number of hydrogen-bond donors (Lipinski definition) is 2. The van der Waals surface area contributed by atoms with Crippen LogP contribution in [0.5, 0.6) is 17.2 Å². The molecule has 4 amide bonds. The van der Waals surface area contributed by atoms with Crippen molar-refractivity contribution in [1.29, 1.82) is 0 Å². The van der Waals surface area contributed by atoms with Crippen LogP contribution in [0.1, 0.15) is 34.3 Å². The lowest BCUT2D eigenvalue weighted by atomic mass is 10.0. The molecular weight excluding hydrogens is 564 g/mol. The van der Waals surface area contributed by atoms with E-state index < -0.39 is 35.6 Å². The Morgan fingerprint density at radius 3 is 2.54 bits per heavy atom. The average Bonchev–Trinajstić information content (AvgIpc) is 3.27. The Morgan fingerprint density at radius 2 is 1.83 bits per heavy atom. The number of carbonyl (C=O) groups excluding carboxylic acids is 4. The zero-order valence-corrected chi connectivity index (χ0v) is 22.2. The van der Waals surface area contributed by atoms with Crippen molar-refractivity contribution < 1.29 is 42.2 Å². The van der Waals surface area contributed by atoms with Crippen LogP contribution >= 0.6 is 11.6 Å². The highest BCUT2D eigenvalue weighted by molar-refractivity contribution is 6.30. The van der Waals surface area contributed by atoms with Gasteiger partial charge in [0.25, 0.3) is 5.91 Å². The van der Waals surface area contributed by atoms with Gasteiger partial charge in [0.2, 0.25) is 11.8 Å². The van der Waals surface area contributed by atoms with Gasteiger partial charge in [0.1, 0.15) is 35.7 Å². The molecule has 2 heterocycles. The Hall–Kier alpha value is -4.71. The number of carbonyl (C=O) groups is 4. The highest BCUT2D eigenvalue weighted by Crippen LogP contribution is 2.36. The maximum absolute atomic E-state index is 14.6. The molecule has 1 saturated heterocycles. The first-order valence-corrected chi connectivity index (χ1v) is 12.7. The molecule has 1 unspecified atom stereocenters. The van der Waals surface area contributed by atoms with Crippen LogP contribution < -0.4 is 20.1 Å². The van der Waals surface area contributed by atoms with Crippen molar-refractivity contribution in [1.82, 2.24) is 10.2 Å². The van der Waals surface area contributed by atoms with Crippen molar-refractivity contribution in [2.24, 2.45) is 0 Å². The van der Waals surface area contributed by atoms with Crippen LogP contribution in [0.2, 0.25) is 5.02 Å². The van der Waals surface area contributed by atoms with Gasteiger partial charge >= 0.3 is 6.09 Å². The molecule has 3 aromatic rings. The molecule has 0 aromatic heterocycles. The third kappa shape index (κ3) is 5.78. The maximum Gasteiger partial charge on any atom is 0.412 e. The van der Waals surface area contributed by atoms with E-state index in [4.69, 9.17) is 25.8 Å². The topological polar surface area (TPSA) is 123 Å². The minimum Gasteiger partial charge on any atom is -0.495 e. The molecule has 0 bridgehead atoms. The number of anilines is 1. The van der Waals surface area contributed by atoms with Crippen LogP contribution in [0.3, 0.4) is 0 Å². The number of imide groups is 1. The molecule has 41 heavy (non-hydrogen) atoms. The molecule has 10 nitrogen and oxygen atoms in total. The summed E-state index contributed by atoms with van der Waals surface area (Å²) >= 11 is 5.73. The predicted molar refractivity (Wildman–Crippen MR) is 141 cm³/mol. The number of ether oxygens (including phenoxy) is 3. The van der Waals surface area contributed by atoms with Gasteiger partial charge < -0.3 is 19.1 Å². The summed E-state index contributed by atoms with van der Waals surface area (Å²) in [6, 6.07) is 9.86. The molecule has 3 aromatic carbocycles. The fourth-order valence-corrected chi connectivity index (χ4v) is 4.81. The molecule has 212 valence electrons. The lowest BCUT2D eigenvalue weighted by molar-refractivity contribution is -0.136. The Balaban J connectivity index is 1.23. The first-order valence-electron chi connectivity index (χ1n) is 12.3. The van der Waals surface area contributed by atoms with Crippen LogP contribution in [0.4, 0.5) is 19.3 Å². The second-order valence-electron chi connectivity index (χ2n) is 9.21. The van der Waals surface area contributed by atoms with Gasteiger partial charge in [0.15, 0.2) is 5.82 Å². The fourth-order valence-electron chi connectivity index (χ4n) is 4.64. The van der Waals surface area contributed by atoms with Crippen LogP contribution in [-0.2, 0) is 27.5 Å². The molecule has 0 radical (unpaired) electrons. The second-order valence-corrected chi connectivity index (χ2v) is 9.62. The zero-order valence-electron chi connectivity index (χ0n) is 21.5. The number of benzene rings is 3. The molecule has 0 saturated carbocycles. The number of nitrogens with zero attached hydrogens (tertiary/aromatic N) is 1. The lowest BCUT2D eigenvalue weighted by Gasteiger charge is -2.29. The number of halogens is 3. The molecule has 5 rings (SSSR count). The van der Waals surface area contributed by atoms with E-state index in [0.717, 1.165) is 12.1 Å². The molecule has 2 N–H and O–H groups in total. The van der Waals surface area contributed by atoms with Crippen molar-refractivity contribution in [3.63, 3.8) is 0 Å². The van der Waals surface area contributed by atoms with Crippen molar-refractivity contribution in [3.05, 3.63) is 81.9 Å². The summed E-state index contributed by atoms with van der Waals surface area (Å²) in [5, 5.41) is 4.39. The number of hydrogen-bond acceptors (Lipinski definition) is 7. The Morgan fingerprint density at radius 1 is 1.07 bits per heavy atom. The van der Waals surface area contributed by atoms with Gasteiger partial charge in [-0.2, -0.15) is 0 Å². The van der Waals surface area contributed by atoms with E-state index in [9.17, 15) is 28.0 Å². The minimum atomic E-state index is -0.970. The Labute approximate surface area is 237 Å². The minimum absolute atomic E-state index is 0.0861. The van der Waals surface area contributed by atoms with E-state index in [2.05, 4.69) is 10.6 Å². The highest BCUT2D eigenvalue weighted by Gasteiger charge is 2.41. The maximum atomic E-state index is 14.6. The number of rotatable bonds is 7. The summed E-state index contributed by atoms with van der Waals surface area (Å²) in [6.07, 6.45) is -0.629. The molecular formula is C28H22ClF2N3O7. The summed E-state index contributed by atoms with van der Waals surface area (Å²) in [5.41, 5.74) is 1.05. The first-order chi connectivity index (χ1) is 19.6. The van der Waals surface area contributed by atoms with Crippen molar-refractivity contribution in [2.75, 3.05) is 12.4 Å². The van der Waals surface area contributed by atoms with Crippen LogP contribution in [0.15, 0.2) is 48.5 Å². The standard InChI is InChI=1S/C28H22ClF2N3O7/c1-39-25-15(3-2-14-12-34(27(37)24(14)25)22-8-9-23(35)33-26(22)36)13-40-28(38)32-21-7-5-17(11-20(21)31)41-16-4-6-19(30)18(29)10-16/h2-7,10-11,22H,8-9,12-13H2,1H3,(H,32,38)(H,33,35,36). The van der Waals surface area contributed by atoms with E-state index in [0.29, 0.717) is 11.1 Å². The van der Waals surface area contributed by atoms with Gasteiger partial charge in [-0.15, -0.1) is 0 Å². The van der Waals surface area contributed by atoms with Crippen molar-refractivity contribution >= 4 is 41.1 Å². The average molecular weight is 586 g/mol. The summed E-state index contributed by atoms with van der Waals surface area (Å²) in [6.45, 7) is -0.145. The molecule has 13 heteroatoms. The molecule has 2 aliphatic heterocycles. The summed E-state index contributed by atoms with van der Waals surface area (Å²) < 4.78 is 44.1. The van der Waals surface area contributed by atoms with Gasteiger partial charge in [-0.1, -0.05) is 23.7 Å². The highest BCUT2D eigenvalue weighted by atomic mass is 35.5. The Kier molecular flexibility index (Phi) is 7.75. The second kappa shape index (κ2) is 11.4. The summed E-state index contributed by atoms with van der Waals surface area (Å²) in [5.74, 6) is -2.34. The van der Waals surface area contributed by atoms with Gasteiger partial charge in [-0.05, 0) is 36.2 Å². The van der Waals surface area contributed by atoms with Crippen molar-refractivity contribution in [2.45, 2.75) is 32.0 Å². The number of fused-ring (bicyclic) bond motifs is 1. The fraction of sp³-hybridized carbons (Fsp3) is 0.214. The van der Waals surface area contributed by atoms with Gasteiger partial charge in [-0.25, -0.2) is 13.6 Å². The number of nitrogens with one attached hydrogen (secondary N) is 2. The largest absolute Gasteiger partial charge is 0.495 e. The van der Waals surface area contributed by atoms with Crippen LogP contribution in [-0.4, -0.2) is 41.9 Å². The quantitative estimate of drug-likeness (QED) is 0.377. The summed E-state index contributed by atoms with van der Waals surface area (Å²) in [4.78, 5) is 50.9. The normalized spacial score (nSPS) is 16.2. The Bertz CT molecular complexity index is 1580. The van der Waals surface area contributed by atoms with Gasteiger partial charge in [-0.3, -0.25) is 25.0 Å². The number of methoxy groups -OCH3 is 1. The molecule has 2 aliphatic rings. The molecule has 0 spiro atoms. The monoisotopic (exact) mass is 585 g/mol. The molecule has 0 aliphatic carbocycles. The molecule has 1 fully saturated rings. The SMILES string of the molecule is COc1c(COC(=O)Nc2ccc(Oc3ccc(F)c(Cl)c3)cc2F)ccc2c1C(=O)N(C1CCC(=O)NC1=O)C2. The third-order valence-corrected chi connectivity index (χ3v) is 6.88. The van der Waals surface area contributed by atoms with Crippen molar-refractivity contribution in [3.8, 4) is 17.2 Å². The third-order valence-electron chi connectivity index (χ3n) is 6.59. The zero-order chi connectivity index (χ0) is 29.3. The van der Waals surface area contributed by atoms with E-state index in [1.807, 2.05) is 0 Å². The number of amides is 4. The van der Waals surface area contributed by atoms with E-state index in [1.54, 1.807) is 12.1 Å². The van der Waals surface area contributed by atoms with Gasteiger partial charge in [0, 0.05) is 30.7 Å². The van der Waals surface area contributed by atoms with Crippen LogP contribution in [0, 0.1) is 11.6 Å². The van der Waals surface area contributed by atoms with Gasteiger partial charge in [0.05, 0.1) is 23.4 Å². The van der Waals surface area contributed by atoms with E-state index >= 15 is 0 Å².